The summed E-state index contributed by atoms with van der Waals surface area (Å²) >= 11 is 0. The molecule has 0 saturated carbocycles. The second-order valence-corrected chi connectivity index (χ2v) is 3.39. The zero-order chi connectivity index (χ0) is 12.6. The van der Waals surface area contributed by atoms with Gasteiger partial charge in [0, 0.05) is 18.8 Å². The van der Waals surface area contributed by atoms with Gasteiger partial charge in [0.1, 0.15) is 12.1 Å². The van der Waals surface area contributed by atoms with Crippen LogP contribution in [-0.2, 0) is 13.2 Å². The van der Waals surface area contributed by atoms with Crippen molar-refractivity contribution in [1.82, 2.24) is 19.7 Å². The molecule has 2 aromatic heterocycles. The molecule has 0 radical (unpaired) electrons. The third kappa shape index (κ3) is 2.19. The van der Waals surface area contributed by atoms with Crippen molar-refractivity contribution in [1.29, 1.82) is 0 Å². The Labute approximate surface area is 94.1 Å². The summed E-state index contributed by atoms with van der Waals surface area (Å²) in [6, 6.07) is 1.11. The maximum absolute atomic E-state index is 12.7. The van der Waals surface area contributed by atoms with Crippen LogP contribution < -0.4 is 5.73 Å². The molecule has 0 bridgehead atoms. The molecular weight excluding hydrogens is 235 g/mol. The molecule has 0 atom stereocenters. The van der Waals surface area contributed by atoms with E-state index >= 15 is 0 Å². The molecule has 0 aromatic carbocycles. The summed E-state index contributed by atoms with van der Waals surface area (Å²) in [5.41, 5.74) is 4.29. The van der Waals surface area contributed by atoms with E-state index in [1.807, 2.05) is 0 Å². The molecular formula is C9H8F3N5. The molecule has 0 aliphatic rings. The van der Waals surface area contributed by atoms with Crippen LogP contribution in [0.3, 0.4) is 0 Å². The third-order valence-electron chi connectivity index (χ3n) is 2.07. The highest BCUT2D eigenvalue weighted by Gasteiger charge is 2.35. The minimum Gasteiger partial charge on any atom is -0.384 e. The van der Waals surface area contributed by atoms with Crippen LogP contribution in [0.15, 0.2) is 18.6 Å². The molecule has 2 heterocycles. The van der Waals surface area contributed by atoms with E-state index in [2.05, 4.69) is 15.1 Å². The number of aromatic nitrogens is 4. The Morgan fingerprint density at radius 3 is 2.53 bits per heavy atom. The summed E-state index contributed by atoms with van der Waals surface area (Å²) in [4.78, 5) is 7.20. The summed E-state index contributed by atoms with van der Waals surface area (Å²) in [5.74, 6) is -0.0469. The second kappa shape index (κ2) is 3.72. The number of nitrogens with zero attached hydrogens (tertiary/aromatic N) is 4. The zero-order valence-corrected chi connectivity index (χ0v) is 8.73. The Morgan fingerprint density at radius 1 is 1.29 bits per heavy atom. The van der Waals surface area contributed by atoms with Crippen molar-refractivity contribution in [3.05, 3.63) is 24.2 Å². The van der Waals surface area contributed by atoms with E-state index in [1.54, 1.807) is 7.05 Å². The predicted octanol–water partition coefficient (Wildman–Crippen LogP) is 1.48. The number of hydrogen-bond donors (Lipinski definition) is 1. The lowest BCUT2D eigenvalue weighted by Gasteiger charge is -2.10. The number of rotatable bonds is 1. The minimum atomic E-state index is -4.52. The van der Waals surface area contributed by atoms with E-state index in [9.17, 15) is 13.2 Å². The van der Waals surface area contributed by atoms with Crippen molar-refractivity contribution in [2.45, 2.75) is 6.18 Å². The van der Waals surface area contributed by atoms with Gasteiger partial charge in [-0.3, -0.25) is 4.68 Å². The molecule has 0 aliphatic heterocycles. The maximum Gasteiger partial charge on any atom is 0.418 e. The monoisotopic (exact) mass is 243 g/mol. The van der Waals surface area contributed by atoms with Crippen LogP contribution in [0, 0.1) is 0 Å². The average molecular weight is 243 g/mol. The fraction of sp³-hybridized carbons (Fsp3) is 0.222. The molecule has 0 aliphatic carbocycles. The summed E-state index contributed by atoms with van der Waals surface area (Å²) in [5, 5.41) is 3.82. The Bertz CT molecular complexity index is 546. The van der Waals surface area contributed by atoms with E-state index in [-0.39, 0.29) is 17.2 Å². The zero-order valence-electron chi connectivity index (χ0n) is 8.73. The number of nitrogen functional groups attached to an aromatic ring is 1. The molecule has 0 spiro atoms. The second-order valence-electron chi connectivity index (χ2n) is 3.39. The van der Waals surface area contributed by atoms with Crippen LogP contribution in [0.1, 0.15) is 5.56 Å². The lowest BCUT2D eigenvalue weighted by atomic mass is 10.1. The topological polar surface area (TPSA) is 69.6 Å². The number of halogens is 3. The molecule has 0 saturated heterocycles. The van der Waals surface area contributed by atoms with Gasteiger partial charge in [0.05, 0.1) is 5.56 Å². The van der Waals surface area contributed by atoms with Crippen LogP contribution in [0.2, 0.25) is 0 Å². The molecule has 8 heteroatoms. The lowest BCUT2D eigenvalue weighted by molar-refractivity contribution is -0.137. The van der Waals surface area contributed by atoms with E-state index < -0.39 is 11.7 Å². The summed E-state index contributed by atoms with van der Waals surface area (Å²) in [6.45, 7) is 0. The van der Waals surface area contributed by atoms with Crippen molar-refractivity contribution in [3.63, 3.8) is 0 Å². The average Bonchev–Trinajstić information content (AvgIpc) is 2.62. The van der Waals surface area contributed by atoms with Crippen LogP contribution in [0.5, 0.6) is 0 Å². The normalized spacial score (nSPS) is 11.8. The highest BCUT2D eigenvalue weighted by atomic mass is 19.4. The van der Waals surface area contributed by atoms with Gasteiger partial charge in [-0.25, -0.2) is 9.97 Å². The fourth-order valence-corrected chi connectivity index (χ4v) is 1.35. The molecule has 5 nitrogen and oxygen atoms in total. The van der Waals surface area contributed by atoms with E-state index in [1.165, 1.54) is 11.0 Å². The summed E-state index contributed by atoms with van der Waals surface area (Å²) in [7, 11) is 1.56. The summed E-state index contributed by atoms with van der Waals surface area (Å²) in [6.07, 6.45) is -2.53. The standard InChI is InChI=1S/C9H8F3N5/c1-17-4-15-8(16-17)5-2-7(13)14-3-6(5)9(10,11)12/h2-4H,1H3,(H2,13,14). The maximum atomic E-state index is 12.7. The molecule has 2 aromatic rings. The fourth-order valence-electron chi connectivity index (χ4n) is 1.35. The highest BCUT2D eigenvalue weighted by molar-refractivity contribution is 5.63. The third-order valence-corrected chi connectivity index (χ3v) is 2.07. The number of pyridine rings is 1. The smallest absolute Gasteiger partial charge is 0.384 e. The molecule has 17 heavy (non-hydrogen) atoms. The first-order valence-corrected chi connectivity index (χ1v) is 4.56. The molecule has 0 unspecified atom stereocenters. The van der Waals surface area contributed by atoms with Gasteiger partial charge < -0.3 is 5.73 Å². The van der Waals surface area contributed by atoms with E-state index in [0.717, 1.165) is 6.07 Å². The Balaban J connectivity index is 2.63. The van der Waals surface area contributed by atoms with Gasteiger partial charge in [0.2, 0.25) is 0 Å². The van der Waals surface area contributed by atoms with Crippen molar-refractivity contribution in [2.24, 2.45) is 7.05 Å². The van der Waals surface area contributed by atoms with Crippen molar-refractivity contribution in [3.8, 4) is 11.4 Å². The Morgan fingerprint density at radius 2 is 2.00 bits per heavy atom. The van der Waals surface area contributed by atoms with Crippen molar-refractivity contribution >= 4 is 5.82 Å². The minimum absolute atomic E-state index is 0.0135. The quantitative estimate of drug-likeness (QED) is 0.823. The van der Waals surface area contributed by atoms with E-state index in [0.29, 0.717) is 6.20 Å². The molecule has 0 amide bonds. The number of aryl methyl sites for hydroxylation is 1. The van der Waals surface area contributed by atoms with Gasteiger partial charge in [0.15, 0.2) is 5.82 Å². The first kappa shape index (κ1) is 11.4. The van der Waals surface area contributed by atoms with Crippen molar-refractivity contribution < 1.29 is 13.2 Å². The van der Waals surface area contributed by atoms with Crippen LogP contribution in [0.4, 0.5) is 19.0 Å². The van der Waals surface area contributed by atoms with Crippen LogP contribution in [0.25, 0.3) is 11.4 Å². The van der Waals surface area contributed by atoms with Gasteiger partial charge in [-0.05, 0) is 6.07 Å². The number of nitrogens with two attached hydrogens (primary N) is 1. The van der Waals surface area contributed by atoms with Gasteiger partial charge in [0.25, 0.3) is 0 Å². The predicted molar refractivity (Wildman–Crippen MR) is 53.6 cm³/mol. The SMILES string of the molecule is Cn1cnc(-c2cc(N)ncc2C(F)(F)F)n1. The number of alkyl halides is 3. The largest absolute Gasteiger partial charge is 0.418 e. The van der Waals surface area contributed by atoms with Crippen LogP contribution in [-0.4, -0.2) is 19.7 Å². The Kier molecular flexibility index (Phi) is 2.49. The van der Waals surface area contributed by atoms with Crippen LogP contribution >= 0.6 is 0 Å². The van der Waals surface area contributed by atoms with Crippen molar-refractivity contribution in [2.75, 3.05) is 5.73 Å². The molecule has 0 fully saturated rings. The molecule has 2 N–H and O–H groups in total. The van der Waals surface area contributed by atoms with Gasteiger partial charge in [-0.15, -0.1) is 0 Å². The lowest BCUT2D eigenvalue weighted by Crippen LogP contribution is -2.09. The molecule has 90 valence electrons. The number of anilines is 1. The van der Waals surface area contributed by atoms with Gasteiger partial charge in [-0.2, -0.15) is 18.3 Å². The summed E-state index contributed by atoms with van der Waals surface area (Å²) < 4.78 is 39.5. The van der Waals surface area contributed by atoms with E-state index in [4.69, 9.17) is 5.73 Å². The highest BCUT2D eigenvalue weighted by Crippen LogP contribution is 2.35. The Hall–Kier alpha value is -2.12. The first-order valence-electron chi connectivity index (χ1n) is 4.56. The van der Waals surface area contributed by atoms with Gasteiger partial charge >= 0.3 is 6.18 Å². The molecule has 2 rings (SSSR count). The number of hydrogen-bond acceptors (Lipinski definition) is 4. The van der Waals surface area contributed by atoms with Gasteiger partial charge in [-0.1, -0.05) is 0 Å². The first-order chi connectivity index (χ1) is 7.88.